The fourth-order valence-electron chi connectivity index (χ4n) is 1.09. The third kappa shape index (κ3) is 2.19. The predicted octanol–water partition coefficient (Wildman–Crippen LogP) is -0.221. The zero-order chi connectivity index (χ0) is 9.84. The van der Waals surface area contributed by atoms with Crippen LogP contribution in [0.5, 0.6) is 0 Å². The van der Waals surface area contributed by atoms with Crippen LogP contribution in [0.3, 0.4) is 0 Å². The molecule has 13 heavy (non-hydrogen) atoms. The number of benzene rings is 1. The number of carbonyl (C=O) groups is 1. The SMILES string of the molecule is COCc1cc(N)ccc1C(=O)[O-]. The topological polar surface area (TPSA) is 75.4 Å². The number of methoxy groups -OCH3 is 1. The molecule has 2 N–H and O–H groups in total. The molecule has 0 aromatic heterocycles. The van der Waals surface area contributed by atoms with Crippen molar-refractivity contribution >= 4 is 11.7 Å². The van der Waals surface area contributed by atoms with E-state index in [1.807, 2.05) is 0 Å². The standard InChI is InChI=1S/C9H11NO3/c1-13-5-6-4-7(10)2-3-8(6)9(11)12/h2-4H,5,10H2,1H3,(H,11,12)/p-1. The van der Waals surface area contributed by atoms with Gasteiger partial charge in [0.1, 0.15) is 0 Å². The number of rotatable bonds is 3. The van der Waals surface area contributed by atoms with Crippen molar-refractivity contribution in [1.82, 2.24) is 0 Å². The van der Waals surface area contributed by atoms with E-state index < -0.39 is 5.97 Å². The molecule has 1 rings (SSSR count). The molecule has 0 saturated heterocycles. The molecule has 0 amide bonds. The van der Waals surface area contributed by atoms with E-state index in [2.05, 4.69) is 0 Å². The van der Waals surface area contributed by atoms with Crippen LogP contribution in [-0.2, 0) is 11.3 Å². The number of hydrogen-bond acceptors (Lipinski definition) is 4. The molecule has 0 bridgehead atoms. The maximum atomic E-state index is 10.6. The number of nitrogen functional groups attached to an aromatic ring is 1. The zero-order valence-electron chi connectivity index (χ0n) is 7.24. The Hall–Kier alpha value is -1.55. The Bertz CT molecular complexity index is 323. The van der Waals surface area contributed by atoms with Crippen LogP contribution in [-0.4, -0.2) is 13.1 Å². The average Bonchev–Trinajstić information content (AvgIpc) is 2.04. The first kappa shape index (κ1) is 9.54. The summed E-state index contributed by atoms with van der Waals surface area (Å²) in [6.07, 6.45) is 0. The number of aromatic carboxylic acids is 1. The van der Waals surface area contributed by atoms with Gasteiger partial charge in [-0.1, -0.05) is 6.07 Å². The van der Waals surface area contributed by atoms with Crippen molar-refractivity contribution in [3.8, 4) is 0 Å². The number of carbonyl (C=O) groups excluding carboxylic acids is 1. The minimum absolute atomic E-state index is 0.121. The average molecular weight is 180 g/mol. The molecule has 0 aliphatic carbocycles. The summed E-state index contributed by atoms with van der Waals surface area (Å²) in [4.78, 5) is 10.6. The van der Waals surface area contributed by atoms with Gasteiger partial charge in [-0.05, 0) is 17.7 Å². The largest absolute Gasteiger partial charge is 0.545 e. The molecule has 1 aromatic rings. The third-order valence-corrected chi connectivity index (χ3v) is 1.65. The van der Waals surface area contributed by atoms with Crippen molar-refractivity contribution in [1.29, 1.82) is 0 Å². The van der Waals surface area contributed by atoms with Gasteiger partial charge in [0.2, 0.25) is 0 Å². The van der Waals surface area contributed by atoms with E-state index >= 15 is 0 Å². The summed E-state index contributed by atoms with van der Waals surface area (Å²) < 4.78 is 4.83. The van der Waals surface area contributed by atoms with Crippen LogP contribution in [0.25, 0.3) is 0 Å². The lowest BCUT2D eigenvalue weighted by Gasteiger charge is -2.09. The van der Waals surface area contributed by atoms with E-state index in [4.69, 9.17) is 10.5 Å². The second kappa shape index (κ2) is 3.91. The van der Waals surface area contributed by atoms with Gasteiger partial charge in [0.25, 0.3) is 0 Å². The Labute approximate surface area is 75.9 Å². The molecule has 0 aliphatic heterocycles. The first-order valence-electron chi connectivity index (χ1n) is 3.74. The normalized spacial score (nSPS) is 9.92. The lowest BCUT2D eigenvalue weighted by molar-refractivity contribution is -0.255. The number of carboxylic acids is 1. The van der Waals surface area contributed by atoms with Gasteiger partial charge in [-0.15, -0.1) is 0 Å². The van der Waals surface area contributed by atoms with Crippen LogP contribution in [0.15, 0.2) is 18.2 Å². The molecular weight excluding hydrogens is 170 g/mol. The van der Waals surface area contributed by atoms with Gasteiger partial charge in [-0.3, -0.25) is 0 Å². The second-order valence-corrected chi connectivity index (χ2v) is 2.64. The van der Waals surface area contributed by atoms with E-state index in [-0.39, 0.29) is 12.2 Å². The Morgan fingerprint density at radius 2 is 2.31 bits per heavy atom. The molecule has 0 aliphatic rings. The van der Waals surface area contributed by atoms with Crippen LogP contribution < -0.4 is 10.8 Å². The van der Waals surface area contributed by atoms with Gasteiger partial charge < -0.3 is 20.4 Å². The molecule has 0 spiro atoms. The number of anilines is 1. The Balaban J connectivity index is 3.10. The maximum absolute atomic E-state index is 10.6. The second-order valence-electron chi connectivity index (χ2n) is 2.64. The Kier molecular flexibility index (Phi) is 2.87. The van der Waals surface area contributed by atoms with Crippen molar-refractivity contribution in [3.63, 3.8) is 0 Å². The van der Waals surface area contributed by atoms with E-state index in [1.165, 1.54) is 19.2 Å². The summed E-state index contributed by atoms with van der Waals surface area (Å²) in [6, 6.07) is 4.50. The Morgan fingerprint density at radius 3 is 2.85 bits per heavy atom. The lowest BCUT2D eigenvalue weighted by Crippen LogP contribution is -2.24. The number of hydrogen-bond donors (Lipinski definition) is 1. The van der Waals surface area contributed by atoms with Crippen LogP contribution in [0, 0.1) is 0 Å². The Morgan fingerprint density at radius 1 is 1.62 bits per heavy atom. The van der Waals surface area contributed by atoms with Crippen LogP contribution in [0.2, 0.25) is 0 Å². The summed E-state index contributed by atoms with van der Waals surface area (Å²) >= 11 is 0. The van der Waals surface area contributed by atoms with E-state index in [0.717, 1.165) is 0 Å². The molecule has 70 valence electrons. The molecule has 0 unspecified atom stereocenters. The fraction of sp³-hybridized carbons (Fsp3) is 0.222. The summed E-state index contributed by atoms with van der Waals surface area (Å²) in [5.74, 6) is -1.22. The molecule has 0 radical (unpaired) electrons. The first-order chi connectivity index (χ1) is 6.15. The lowest BCUT2D eigenvalue weighted by atomic mass is 10.1. The summed E-state index contributed by atoms with van der Waals surface area (Å²) in [6.45, 7) is 0.217. The van der Waals surface area contributed by atoms with E-state index in [1.54, 1.807) is 6.07 Å². The number of nitrogens with two attached hydrogens (primary N) is 1. The van der Waals surface area contributed by atoms with Crippen molar-refractivity contribution in [3.05, 3.63) is 29.3 Å². The highest BCUT2D eigenvalue weighted by Crippen LogP contribution is 2.13. The maximum Gasteiger partial charge on any atom is 0.0720 e. The van der Waals surface area contributed by atoms with Gasteiger partial charge >= 0.3 is 0 Å². The molecule has 4 nitrogen and oxygen atoms in total. The highest BCUT2D eigenvalue weighted by molar-refractivity contribution is 5.88. The van der Waals surface area contributed by atoms with Crippen LogP contribution >= 0.6 is 0 Å². The molecule has 0 fully saturated rings. The van der Waals surface area contributed by atoms with E-state index in [9.17, 15) is 9.90 Å². The van der Waals surface area contributed by atoms with Gasteiger partial charge in [0.05, 0.1) is 12.6 Å². The monoisotopic (exact) mass is 180 g/mol. The molecule has 4 heteroatoms. The predicted molar refractivity (Wildman–Crippen MR) is 45.9 cm³/mol. The van der Waals surface area contributed by atoms with E-state index in [0.29, 0.717) is 11.3 Å². The number of carboxylic acid groups (broad SMARTS) is 1. The smallest absolute Gasteiger partial charge is 0.0720 e. The van der Waals surface area contributed by atoms with Gasteiger partial charge in [-0.25, -0.2) is 0 Å². The van der Waals surface area contributed by atoms with Crippen molar-refractivity contribution in [2.45, 2.75) is 6.61 Å². The molecule has 0 atom stereocenters. The van der Waals surface area contributed by atoms with Gasteiger partial charge in [0.15, 0.2) is 0 Å². The number of ether oxygens (including phenoxy) is 1. The van der Waals surface area contributed by atoms with Crippen LogP contribution in [0.4, 0.5) is 5.69 Å². The van der Waals surface area contributed by atoms with Gasteiger partial charge in [-0.2, -0.15) is 0 Å². The zero-order valence-corrected chi connectivity index (χ0v) is 7.24. The summed E-state index contributed by atoms with van der Waals surface area (Å²) in [7, 11) is 1.49. The van der Waals surface area contributed by atoms with Crippen molar-refractivity contribution in [2.24, 2.45) is 0 Å². The third-order valence-electron chi connectivity index (χ3n) is 1.65. The minimum Gasteiger partial charge on any atom is -0.545 e. The molecule has 1 aromatic carbocycles. The molecule has 0 heterocycles. The summed E-state index contributed by atoms with van der Waals surface area (Å²) in [5.41, 5.74) is 6.65. The van der Waals surface area contributed by atoms with Crippen LogP contribution in [0.1, 0.15) is 15.9 Å². The fourth-order valence-corrected chi connectivity index (χ4v) is 1.09. The molecular formula is C9H10NO3-. The quantitative estimate of drug-likeness (QED) is 0.652. The first-order valence-corrected chi connectivity index (χ1v) is 3.74. The minimum atomic E-state index is -1.22. The highest BCUT2D eigenvalue weighted by Gasteiger charge is 2.02. The summed E-state index contributed by atoms with van der Waals surface area (Å²) in [5, 5.41) is 10.6. The van der Waals surface area contributed by atoms with Gasteiger partial charge in [0, 0.05) is 18.4 Å². The van der Waals surface area contributed by atoms with Crippen molar-refractivity contribution in [2.75, 3.05) is 12.8 Å². The molecule has 0 saturated carbocycles. The van der Waals surface area contributed by atoms with Crippen molar-refractivity contribution < 1.29 is 14.6 Å². The highest BCUT2D eigenvalue weighted by atomic mass is 16.5.